The van der Waals surface area contributed by atoms with Crippen LogP contribution in [0.4, 0.5) is 5.69 Å². The van der Waals surface area contributed by atoms with Gasteiger partial charge in [-0.1, -0.05) is 17.7 Å². The molecular formula is C17H17N3O2S. The van der Waals surface area contributed by atoms with E-state index in [2.05, 4.69) is 9.82 Å². The van der Waals surface area contributed by atoms with E-state index < -0.39 is 10.0 Å². The monoisotopic (exact) mass is 327 g/mol. The Balaban J connectivity index is 1.81. The third-order valence-corrected chi connectivity index (χ3v) is 4.82. The summed E-state index contributed by atoms with van der Waals surface area (Å²) in [6.07, 6.45) is 3.68. The Kier molecular flexibility index (Phi) is 3.92. The number of nitrogens with one attached hydrogen (secondary N) is 1. The van der Waals surface area contributed by atoms with Crippen molar-refractivity contribution in [3.63, 3.8) is 0 Å². The molecule has 0 aliphatic heterocycles. The summed E-state index contributed by atoms with van der Waals surface area (Å²) in [6, 6.07) is 13.8. The summed E-state index contributed by atoms with van der Waals surface area (Å²) >= 11 is 0. The zero-order valence-electron chi connectivity index (χ0n) is 12.9. The lowest BCUT2D eigenvalue weighted by molar-refractivity contribution is 0.601. The highest BCUT2D eigenvalue weighted by Gasteiger charge is 2.13. The van der Waals surface area contributed by atoms with Crippen molar-refractivity contribution in [2.24, 2.45) is 0 Å². The number of hydrogen-bond donors (Lipinski definition) is 1. The van der Waals surface area contributed by atoms with Gasteiger partial charge in [-0.15, -0.1) is 0 Å². The van der Waals surface area contributed by atoms with E-state index in [0.717, 1.165) is 16.8 Å². The third-order valence-electron chi connectivity index (χ3n) is 3.43. The van der Waals surface area contributed by atoms with Gasteiger partial charge >= 0.3 is 0 Å². The molecule has 0 radical (unpaired) electrons. The largest absolute Gasteiger partial charge is 0.280 e. The summed E-state index contributed by atoms with van der Waals surface area (Å²) < 4.78 is 29.0. The Hall–Kier alpha value is -2.60. The van der Waals surface area contributed by atoms with Gasteiger partial charge in [0.2, 0.25) is 0 Å². The van der Waals surface area contributed by atoms with Crippen LogP contribution in [0.25, 0.3) is 5.69 Å². The Labute approximate surface area is 135 Å². The molecule has 3 aromatic rings. The normalized spacial score (nSPS) is 11.4. The van der Waals surface area contributed by atoms with Crippen molar-refractivity contribution in [1.29, 1.82) is 0 Å². The van der Waals surface area contributed by atoms with Crippen molar-refractivity contribution in [1.82, 2.24) is 9.78 Å². The van der Waals surface area contributed by atoms with Gasteiger partial charge in [0.1, 0.15) is 0 Å². The lowest BCUT2D eigenvalue weighted by Gasteiger charge is -2.09. The van der Waals surface area contributed by atoms with Gasteiger partial charge in [-0.3, -0.25) is 4.72 Å². The maximum Gasteiger partial charge on any atom is 0.261 e. The number of benzene rings is 2. The molecule has 3 rings (SSSR count). The van der Waals surface area contributed by atoms with Crippen LogP contribution in [-0.4, -0.2) is 18.2 Å². The van der Waals surface area contributed by atoms with Crippen molar-refractivity contribution in [3.05, 3.63) is 72.1 Å². The first kappa shape index (κ1) is 15.3. The van der Waals surface area contributed by atoms with E-state index in [-0.39, 0.29) is 4.90 Å². The van der Waals surface area contributed by atoms with Crippen molar-refractivity contribution < 1.29 is 8.42 Å². The number of sulfonamides is 1. The first-order chi connectivity index (χ1) is 10.9. The maximum atomic E-state index is 12.3. The molecule has 0 aliphatic rings. The summed E-state index contributed by atoms with van der Waals surface area (Å²) in [5.74, 6) is 0. The molecular weight excluding hydrogens is 310 g/mol. The maximum absolute atomic E-state index is 12.3. The topological polar surface area (TPSA) is 64.0 Å². The molecule has 0 aliphatic carbocycles. The SMILES string of the molecule is Cc1ccc(S(=O)(=O)Nc2ccc(-n3cc(C)cn3)cc2)cc1. The molecule has 1 aromatic heterocycles. The molecule has 0 saturated heterocycles. The number of aromatic nitrogens is 2. The van der Waals surface area contributed by atoms with Crippen LogP contribution in [0.5, 0.6) is 0 Å². The predicted octanol–water partition coefficient (Wildman–Crippen LogP) is 3.29. The molecule has 0 fully saturated rings. The van der Waals surface area contributed by atoms with Crippen LogP contribution in [0, 0.1) is 13.8 Å². The summed E-state index contributed by atoms with van der Waals surface area (Å²) in [4.78, 5) is 0.245. The Morgan fingerprint density at radius 1 is 0.913 bits per heavy atom. The summed E-state index contributed by atoms with van der Waals surface area (Å²) in [5, 5.41) is 4.22. The summed E-state index contributed by atoms with van der Waals surface area (Å²) in [6.45, 7) is 3.88. The van der Waals surface area contributed by atoms with Gasteiger partial charge in [0.25, 0.3) is 10.0 Å². The number of nitrogens with zero attached hydrogens (tertiary/aromatic N) is 2. The first-order valence-corrected chi connectivity index (χ1v) is 8.63. The highest BCUT2D eigenvalue weighted by molar-refractivity contribution is 7.92. The van der Waals surface area contributed by atoms with Gasteiger partial charge in [-0.2, -0.15) is 5.10 Å². The van der Waals surface area contributed by atoms with Gasteiger partial charge in [-0.05, 0) is 55.8 Å². The highest BCUT2D eigenvalue weighted by Crippen LogP contribution is 2.18. The van der Waals surface area contributed by atoms with Crippen molar-refractivity contribution in [3.8, 4) is 5.69 Å². The van der Waals surface area contributed by atoms with Crippen LogP contribution in [0.15, 0.2) is 65.8 Å². The molecule has 118 valence electrons. The second-order valence-corrected chi connectivity index (χ2v) is 7.11. The first-order valence-electron chi connectivity index (χ1n) is 7.15. The second-order valence-electron chi connectivity index (χ2n) is 5.43. The fourth-order valence-corrected chi connectivity index (χ4v) is 3.23. The van der Waals surface area contributed by atoms with E-state index in [9.17, 15) is 8.42 Å². The molecule has 0 saturated carbocycles. The Morgan fingerprint density at radius 3 is 2.13 bits per heavy atom. The van der Waals surface area contributed by atoms with Gasteiger partial charge in [0.15, 0.2) is 0 Å². The average Bonchev–Trinajstić information content (AvgIpc) is 2.95. The van der Waals surface area contributed by atoms with Crippen LogP contribution in [0.1, 0.15) is 11.1 Å². The minimum absolute atomic E-state index is 0.245. The van der Waals surface area contributed by atoms with E-state index in [1.165, 1.54) is 0 Å². The minimum Gasteiger partial charge on any atom is -0.280 e. The van der Waals surface area contributed by atoms with Gasteiger partial charge in [-0.25, -0.2) is 13.1 Å². The molecule has 5 nitrogen and oxygen atoms in total. The highest BCUT2D eigenvalue weighted by atomic mass is 32.2. The van der Waals surface area contributed by atoms with E-state index in [1.807, 2.05) is 32.2 Å². The van der Waals surface area contributed by atoms with E-state index >= 15 is 0 Å². The number of rotatable bonds is 4. The number of hydrogen-bond acceptors (Lipinski definition) is 3. The zero-order valence-corrected chi connectivity index (χ0v) is 13.7. The van der Waals surface area contributed by atoms with Crippen LogP contribution >= 0.6 is 0 Å². The molecule has 23 heavy (non-hydrogen) atoms. The van der Waals surface area contributed by atoms with Crippen molar-refractivity contribution in [2.45, 2.75) is 18.7 Å². The fourth-order valence-electron chi connectivity index (χ4n) is 2.17. The van der Waals surface area contributed by atoms with Crippen LogP contribution in [0.2, 0.25) is 0 Å². The van der Waals surface area contributed by atoms with Gasteiger partial charge in [0.05, 0.1) is 16.8 Å². The lowest BCUT2D eigenvalue weighted by Crippen LogP contribution is -2.12. The molecule has 2 aromatic carbocycles. The third kappa shape index (κ3) is 3.43. The molecule has 0 spiro atoms. The fraction of sp³-hybridized carbons (Fsp3) is 0.118. The van der Waals surface area contributed by atoms with Crippen LogP contribution in [0.3, 0.4) is 0 Å². The van der Waals surface area contributed by atoms with Crippen molar-refractivity contribution >= 4 is 15.7 Å². The van der Waals surface area contributed by atoms with Crippen LogP contribution < -0.4 is 4.72 Å². The Morgan fingerprint density at radius 2 is 1.57 bits per heavy atom. The average molecular weight is 327 g/mol. The summed E-state index contributed by atoms with van der Waals surface area (Å²) in [5.41, 5.74) is 3.46. The standard InChI is InChI=1S/C17H17N3O2S/c1-13-3-9-17(10-4-13)23(21,22)19-15-5-7-16(8-6-15)20-12-14(2)11-18-20/h3-12,19H,1-2H3. The van der Waals surface area contributed by atoms with Crippen LogP contribution in [-0.2, 0) is 10.0 Å². The molecule has 1 N–H and O–H groups in total. The molecule has 0 bridgehead atoms. The molecule has 1 heterocycles. The predicted molar refractivity (Wildman–Crippen MR) is 90.3 cm³/mol. The Bertz CT molecular complexity index is 911. The second kappa shape index (κ2) is 5.89. The molecule has 0 atom stereocenters. The van der Waals surface area contributed by atoms with E-state index in [4.69, 9.17) is 0 Å². The van der Waals surface area contributed by atoms with Crippen molar-refractivity contribution in [2.75, 3.05) is 4.72 Å². The van der Waals surface area contributed by atoms with E-state index in [1.54, 1.807) is 47.3 Å². The molecule has 0 unspecified atom stereocenters. The quantitative estimate of drug-likeness (QED) is 0.800. The number of anilines is 1. The lowest BCUT2D eigenvalue weighted by atomic mass is 10.2. The molecule has 6 heteroatoms. The minimum atomic E-state index is -3.58. The van der Waals surface area contributed by atoms with Gasteiger partial charge < -0.3 is 0 Å². The summed E-state index contributed by atoms with van der Waals surface area (Å²) in [7, 11) is -3.58. The number of aryl methyl sites for hydroxylation is 2. The molecule has 0 amide bonds. The van der Waals surface area contributed by atoms with E-state index in [0.29, 0.717) is 5.69 Å². The zero-order chi connectivity index (χ0) is 16.4. The van der Waals surface area contributed by atoms with Gasteiger partial charge in [0, 0.05) is 11.9 Å². The smallest absolute Gasteiger partial charge is 0.261 e.